The number of hydrogen-bond donors (Lipinski definition) is 0. The van der Waals surface area contributed by atoms with Gasteiger partial charge in [-0.2, -0.15) is 8.42 Å². The zero-order valence-corrected chi connectivity index (χ0v) is 11.0. The Bertz CT molecular complexity index is 495. The second kappa shape index (κ2) is 7.63. The molecular weight excluding hydrogens is 248 g/mol. The summed E-state index contributed by atoms with van der Waals surface area (Å²) < 4.78 is 25.8. The zero-order chi connectivity index (χ0) is 13.3. The van der Waals surface area contributed by atoms with Crippen molar-refractivity contribution in [3.05, 3.63) is 72.3 Å². The fourth-order valence-electron chi connectivity index (χ4n) is 1.13. The van der Waals surface area contributed by atoms with Crippen LogP contribution in [0.5, 0.6) is 0 Å². The van der Waals surface area contributed by atoms with Gasteiger partial charge in [0, 0.05) is 0 Å². The molecule has 0 heterocycles. The first kappa shape index (κ1) is 14.4. The molecule has 0 saturated heterocycles. The van der Waals surface area contributed by atoms with Crippen molar-refractivity contribution in [3.63, 3.8) is 0 Å². The topological polar surface area (TPSA) is 43.4 Å². The van der Waals surface area contributed by atoms with E-state index in [1.165, 1.54) is 0 Å². The normalized spacial score (nSPS) is 10.3. The fourth-order valence-corrected chi connectivity index (χ4v) is 1.48. The highest BCUT2D eigenvalue weighted by molar-refractivity contribution is 7.85. The zero-order valence-electron chi connectivity index (χ0n) is 10.2. The van der Waals surface area contributed by atoms with Crippen molar-refractivity contribution >= 4 is 10.1 Å². The quantitative estimate of drug-likeness (QED) is 0.801. The second-order valence-corrected chi connectivity index (χ2v) is 5.25. The summed E-state index contributed by atoms with van der Waals surface area (Å²) in [7, 11) is -3.32. The van der Waals surface area contributed by atoms with E-state index in [-0.39, 0.29) is 6.61 Å². The van der Waals surface area contributed by atoms with Crippen LogP contribution >= 0.6 is 0 Å². The predicted octanol–water partition coefficient (Wildman–Crippen LogP) is 2.85. The molecule has 0 bridgehead atoms. The molecule has 0 radical (unpaired) electrons. The monoisotopic (exact) mass is 264 g/mol. The SMILES string of the molecule is CS(=O)(=O)OCc1ccccc1.c1ccccc1. The van der Waals surface area contributed by atoms with Gasteiger partial charge in [-0.25, -0.2) is 0 Å². The van der Waals surface area contributed by atoms with Crippen LogP contribution in [0.3, 0.4) is 0 Å². The molecule has 0 aliphatic heterocycles. The van der Waals surface area contributed by atoms with Gasteiger partial charge in [-0.3, -0.25) is 4.18 Å². The Morgan fingerprint density at radius 2 is 1.22 bits per heavy atom. The summed E-state index contributed by atoms with van der Waals surface area (Å²) in [4.78, 5) is 0. The Labute approximate surface area is 108 Å². The van der Waals surface area contributed by atoms with E-state index in [9.17, 15) is 8.42 Å². The maximum Gasteiger partial charge on any atom is 0.264 e. The molecule has 18 heavy (non-hydrogen) atoms. The summed E-state index contributed by atoms with van der Waals surface area (Å²) in [6, 6.07) is 21.2. The van der Waals surface area contributed by atoms with Crippen LogP contribution in [0.15, 0.2) is 66.7 Å². The second-order valence-electron chi connectivity index (χ2n) is 3.61. The number of hydrogen-bond acceptors (Lipinski definition) is 3. The van der Waals surface area contributed by atoms with Crippen LogP contribution < -0.4 is 0 Å². The van der Waals surface area contributed by atoms with Gasteiger partial charge in [0.15, 0.2) is 0 Å². The summed E-state index contributed by atoms with van der Waals surface area (Å²) in [5.41, 5.74) is 0.850. The maximum absolute atomic E-state index is 10.6. The molecule has 0 N–H and O–H groups in total. The van der Waals surface area contributed by atoms with Crippen molar-refractivity contribution in [1.82, 2.24) is 0 Å². The highest BCUT2D eigenvalue weighted by Gasteiger charge is 2.00. The van der Waals surface area contributed by atoms with Gasteiger partial charge in [-0.05, 0) is 5.56 Å². The minimum Gasteiger partial charge on any atom is -0.265 e. The molecule has 0 spiro atoms. The molecule has 0 aliphatic carbocycles. The average Bonchev–Trinajstić information content (AvgIpc) is 2.40. The van der Waals surface area contributed by atoms with E-state index < -0.39 is 10.1 Å². The lowest BCUT2D eigenvalue weighted by atomic mass is 10.2. The average molecular weight is 264 g/mol. The molecule has 0 unspecified atom stereocenters. The van der Waals surface area contributed by atoms with E-state index in [1.807, 2.05) is 66.7 Å². The molecule has 96 valence electrons. The van der Waals surface area contributed by atoms with Crippen molar-refractivity contribution in [2.45, 2.75) is 6.61 Å². The van der Waals surface area contributed by atoms with Gasteiger partial charge in [-0.15, -0.1) is 0 Å². The molecule has 0 saturated carbocycles. The molecule has 0 fully saturated rings. The molecular formula is C14H16O3S. The Morgan fingerprint density at radius 3 is 1.61 bits per heavy atom. The van der Waals surface area contributed by atoms with Crippen LogP contribution in [0.4, 0.5) is 0 Å². The van der Waals surface area contributed by atoms with Crippen molar-refractivity contribution in [2.24, 2.45) is 0 Å². The lowest BCUT2D eigenvalue weighted by molar-refractivity contribution is 0.311. The van der Waals surface area contributed by atoms with Gasteiger partial charge in [0.25, 0.3) is 10.1 Å². The summed E-state index contributed by atoms with van der Waals surface area (Å²) >= 11 is 0. The van der Waals surface area contributed by atoms with Crippen molar-refractivity contribution in [1.29, 1.82) is 0 Å². The Morgan fingerprint density at radius 1 is 0.833 bits per heavy atom. The predicted molar refractivity (Wildman–Crippen MR) is 72.5 cm³/mol. The molecule has 2 aromatic rings. The van der Waals surface area contributed by atoms with E-state index >= 15 is 0 Å². The molecule has 0 aliphatic rings. The Balaban J connectivity index is 0.000000225. The lowest BCUT2D eigenvalue weighted by Crippen LogP contribution is -2.02. The molecule has 2 rings (SSSR count). The molecule has 3 nitrogen and oxygen atoms in total. The van der Waals surface area contributed by atoms with E-state index in [0.717, 1.165) is 11.8 Å². The smallest absolute Gasteiger partial charge is 0.264 e. The van der Waals surface area contributed by atoms with Crippen molar-refractivity contribution < 1.29 is 12.6 Å². The van der Waals surface area contributed by atoms with E-state index in [4.69, 9.17) is 0 Å². The van der Waals surface area contributed by atoms with Gasteiger partial charge in [0.2, 0.25) is 0 Å². The largest absolute Gasteiger partial charge is 0.265 e. The van der Waals surface area contributed by atoms with Crippen LogP contribution in [-0.2, 0) is 20.9 Å². The van der Waals surface area contributed by atoms with Gasteiger partial charge in [-0.1, -0.05) is 66.7 Å². The van der Waals surface area contributed by atoms with Crippen LogP contribution in [-0.4, -0.2) is 14.7 Å². The summed E-state index contributed by atoms with van der Waals surface area (Å²) in [5, 5.41) is 0. The van der Waals surface area contributed by atoms with E-state index in [2.05, 4.69) is 4.18 Å². The highest BCUT2D eigenvalue weighted by Crippen LogP contribution is 2.02. The first-order valence-electron chi connectivity index (χ1n) is 5.46. The fraction of sp³-hybridized carbons (Fsp3) is 0.143. The van der Waals surface area contributed by atoms with Crippen LogP contribution in [0.1, 0.15) is 5.56 Å². The van der Waals surface area contributed by atoms with Crippen LogP contribution in [0, 0.1) is 0 Å². The first-order chi connectivity index (χ1) is 8.58. The molecule has 2 aromatic carbocycles. The third-order valence-electron chi connectivity index (χ3n) is 1.95. The minimum atomic E-state index is -3.32. The van der Waals surface area contributed by atoms with Crippen LogP contribution in [0.25, 0.3) is 0 Å². The third-order valence-corrected chi connectivity index (χ3v) is 2.50. The van der Waals surface area contributed by atoms with Gasteiger partial charge in [0.05, 0.1) is 12.9 Å². The van der Waals surface area contributed by atoms with Crippen molar-refractivity contribution in [2.75, 3.05) is 6.26 Å². The number of rotatable bonds is 3. The maximum atomic E-state index is 10.6. The van der Waals surface area contributed by atoms with Gasteiger partial charge in [0.1, 0.15) is 0 Å². The molecule has 0 amide bonds. The first-order valence-corrected chi connectivity index (χ1v) is 7.28. The molecule has 0 atom stereocenters. The Kier molecular flexibility index (Phi) is 6.11. The number of benzene rings is 2. The minimum absolute atomic E-state index is 0.111. The van der Waals surface area contributed by atoms with E-state index in [1.54, 1.807) is 0 Å². The summed E-state index contributed by atoms with van der Waals surface area (Å²) in [6.45, 7) is 0.111. The van der Waals surface area contributed by atoms with Crippen LogP contribution in [0.2, 0.25) is 0 Å². The van der Waals surface area contributed by atoms with E-state index in [0.29, 0.717) is 0 Å². The van der Waals surface area contributed by atoms with Gasteiger partial charge >= 0.3 is 0 Å². The molecule has 0 aromatic heterocycles. The molecule has 4 heteroatoms. The highest BCUT2D eigenvalue weighted by atomic mass is 32.2. The Hall–Kier alpha value is -1.65. The summed E-state index contributed by atoms with van der Waals surface area (Å²) in [6.07, 6.45) is 1.04. The van der Waals surface area contributed by atoms with Crippen molar-refractivity contribution in [3.8, 4) is 0 Å². The van der Waals surface area contributed by atoms with Gasteiger partial charge < -0.3 is 0 Å². The lowest BCUT2D eigenvalue weighted by Gasteiger charge is -1.99. The third kappa shape index (κ3) is 7.60. The summed E-state index contributed by atoms with van der Waals surface area (Å²) in [5.74, 6) is 0. The standard InChI is InChI=1S/C8H10O3S.C6H6/c1-12(9,10)11-7-8-5-3-2-4-6-8;1-2-4-6-5-3-1/h2-6H,7H2,1H3;1-6H.